The van der Waals surface area contributed by atoms with E-state index in [0.717, 1.165) is 17.0 Å². The summed E-state index contributed by atoms with van der Waals surface area (Å²) < 4.78 is 7.84. The summed E-state index contributed by atoms with van der Waals surface area (Å²) in [4.78, 5) is 24.1. The Morgan fingerprint density at radius 1 is 0.971 bits per heavy atom. The molecule has 34 heavy (non-hydrogen) atoms. The number of benzene rings is 3. The van der Waals surface area contributed by atoms with Crippen molar-refractivity contribution in [2.75, 3.05) is 11.1 Å². The Labute approximate surface area is 202 Å². The molecule has 1 aromatic heterocycles. The van der Waals surface area contributed by atoms with Gasteiger partial charge < -0.3 is 10.1 Å². The van der Waals surface area contributed by atoms with Gasteiger partial charge in [-0.25, -0.2) is 0 Å². The Bertz CT molecular complexity index is 1300. The zero-order valence-corrected chi connectivity index (χ0v) is 19.7. The predicted molar refractivity (Wildman–Crippen MR) is 133 cm³/mol. The minimum absolute atomic E-state index is 0.0538. The summed E-state index contributed by atoms with van der Waals surface area (Å²) in [6.45, 7) is 3.73. The highest BCUT2D eigenvalue weighted by molar-refractivity contribution is 7.99. The van der Waals surface area contributed by atoms with Crippen LogP contribution in [-0.2, 0) is 11.4 Å². The second kappa shape index (κ2) is 10.8. The fourth-order valence-corrected chi connectivity index (χ4v) is 4.09. The molecule has 0 radical (unpaired) electrons. The monoisotopic (exact) mass is 472 g/mol. The van der Waals surface area contributed by atoms with Crippen molar-refractivity contribution in [2.24, 2.45) is 0 Å². The normalized spacial score (nSPS) is 10.6. The molecule has 4 aromatic rings. The van der Waals surface area contributed by atoms with Crippen LogP contribution in [0.5, 0.6) is 5.75 Å². The van der Waals surface area contributed by atoms with E-state index in [-0.39, 0.29) is 24.1 Å². The zero-order valence-electron chi connectivity index (χ0n) is 18.9. The third kappa shape index (κ3) is 5.90. The zero-order chi connectivity index (χ0) is 23.9. The molecular weight excluding hydrogens is 448 g/mol. The number of para-hydroxylation sites is 1. The van der Waals surface area contributed by atoms with E-state index in [1.165, 1.54) is 18.7 Å². The Kier molecular flexibility index (Phi) is 7.39. The maximum atomic E-state index is 12.6. The molecule has 8 heteroatoms. The first kappa shape index (κ1) is 23.3. The number of hydrogen-bond donors (Lipinski definition) is 1. The molecule has 0 atom stereocenters. The lowest BCUT2D eigenvalue weighted by Gasteiger charge is -2.11. The maximum Gasteiger partial charge on any atom is 0.234 e. The van der Waals surface area contributed by atoms with Crippen LogP contribution in [0.25, 0.3) is 5.69 Å². The second-order valence-corrected chi connectivity index (χ2v) is 8.59. The summed E-state index contributed by atoms with van der Waals surface area (Å²) >= 11 is 1.28. The highest BCUT2D eigenvalue weighted by atomic mass is 32.2. The smallest absolute Gasteiger partial charge is 0.234 e. The van der Waals surface area contributed by atoms with Gasteiger partial charge >= 0.3 is 0 Å². The van der Waals surface area contributed by atoms with Gasteiger partial charge in [-0.1, -0.05) is 54.2 Å². The summed E-state index contributed by atoms with van der Waals surface area (Å²) in [5, 5.41) is 12.0. The molecular formula is C26H24N4O3S. The number of aryl methyl sites for hydroxylation is 1. The van der Waals surface area contributed by atoms with Crippen LogP contribution in [0.4, 0.5) is 5.69 Å². The van der Waals surface area contributed by atoms with E-state index >= 15 is 0 Å². The average molecular weight is 473 g/mol. The van der Waals surface area contributed by atoms with Gasteiger partial charge in [0, 0.05) is 16.9 Å². The van der Waals surface area contributed by atoms with Gasteiger partial charge in [-0.15, -0.1) is 10.2 Å². The van der Waals surface area contributed by atoms with Crippen molar-refractivity contribution in [2.45, 2.75) is 25.6 Å². The highest BCUT2D eigenvalue weighted by Gasteiger charge is 2.17. The maximum absolute atomic E-state index is 12.6. The molecule has 3 aromatic carbocycles. The molecule has 4 rings (SSSR count). The lowest BCUT2D eigenvalue weighted by atomic mass is 10.1. The van der Waals surface area contributed by atoms with E-state index < -0.39 is 0 Å². The predicted octanol–water partition coefficient (Wildman–Crippen LogP) is 5.09. The third-order valence-corrected chi connectivity index (χ3v) is 5.89. The summed E-state index contributed by atoms with van der Waals surface area (Å²) in [6, 6.07) is 24.4. The van der Waals surface area contributed by atoms with E-state index in [4.69, 9.17) is 4.74 Å². The summed E-state index contributed by atoms with van der Waals surface area (Å²) in [6.07, 6.45) is 0. The third-order valence-electron chi connectivity index (χ3n) is 4.96. The van der Waals surface area contributed by atoms with Crippen LogP contribution in [0.1, 0.15) is 28.7 Å². The van der Waals surface area contributed by atoms with Gasteiger partial charge in [-0.05, 0) is 55.8 Å². The van der Waals surface area contributed by atoms with Crippen molar-refractivity contribution in [1.29, 1.82) is 0 Å². The number of nitrogens with one attached hydrogen (secondary N) is 1. The van der Waals surface area contributed by atoms with E-state index in [2.05, 4.69) is 15.5 Å². The molecule has 1 amide bonds. The summed E-state index contributed by atoms with van der Waals surface area (Å²) in [7, 11) is 0. The topological polar surface area (TPSA) is 86.1 Å². The van der Waals surface area contributed by atoms with Gasteiger partial charge in [0.05, 0.1) is 5.75 Å². The van der Waals surface area contributed by atoms with Crippen LogP contribution in [0, 0.1) is 6.92 Å². The molecule has 0 saturated carbocycles. The lowest BCUT2D eigenvalue weighted by molar-refractivity contribution is -0.113. The highest BCUT2D eigenvalue weighted by Crippen LogP contribution is 2.24. The second-order valence-electron chi connectivity index (χ2n) is 7.65. The minimum atomic E-state index is -0.203. The summed E-state index contributed by atoms with van der Waals surface area (Å²) in [5.74, 6) is 1.26. The number of ether oxygens (including phenoxy) is 1. The van der Waals surface area contributed by atoms with Crippen LogP contribution in [-0.4, -0.2) is 32.2 Å². The number of carbonyl (C=O) groups is 2. The fourth-order valence-electron chi connectivity index (χ4n) is 3.32. The van der Waals surface area contributed by atoms with Crippen LogP contribution >= 0.6 is 11.8 Å². The van der Waals surface area contributed by atoms with Crippen molar-refractivity contribution >= 4 is 29.1 Å². The minimum Gasteiger partial charge on any atom is -0.486 e. The first-order valence-corrected chi connectivity index (χ1v) is 11.7. The van der Waals surface area contributed by atoms with E-state index in [9.17, 15) is 9.59 Å². The summed E-state index contributed by atoms with van der Waals surface area (Å²) in [5.41, 5.74) is 3.12. The Balaban J connectivity index is 1.48. The van der Waals surface area contributed by atoms with Gasteiger partial charge in [-0.3, -0.25) is 14.2 Å². The van der Waals surface area contributed by atoms with E-state index in [1.807, 2.05) is 66.1 Å². The van der Waals surface area contributed by atoms with Crippen molar-refractivity contribution < 1.29 is 14.3 Å². The van der Waals surface area contributed by atoms with Gasteiger partial charge in [0.15, 0.2) is 16.8 Å². The molecule has 7 nitrogen and oxygen atoms in total. The standard InChI is InChI=1S/C26H24N4O3S/c1-18-8-6-13-23(14-18)33-16-24-28-29-26(30(24)22-11-4-3-5-12-22)34-17-25(32)27-21-10-7-9-20(15-21)19(2)31/h3-15H,16-17H2,1-2H3,(H,27,32). The number of hydrogen-bond acceptors (Lipinski definition) is 6. The molecule has 0 saturated heterocycles. The molecule has 0 unspecified atom stereocenters. The molecule has 0 aliphatic carbocycles. The first-order chi connectivity index (χ1) is 16.5. The molecule has 1 N–H and O–H groups in total. The Hall–Kier alpha value is -3.91. The van der Waals surface area contributed by atoms with Gasteiger partial charge in [-0.2, -0.15) is 0 Å². The number of amides is 1. The molecule has 0 bridgehead atoms. The number of carbonyl (C=O) groups excluding carboxylic acids is 2. The molecule has 0 fully saturated rings. The van der Waals surface area contributed by atoms with Crippen molar-refractivity contribution in [1.82, 2.24) is 14.8 Å². The average Bonchev–Trinajstić information content (AvgIpc) is 3.25. The van der Waals surface area contributed by atoms with E-state index in [1.54, 1.807) is 24.3 Å². The first-order valence-electron chi connectivity index (χ1n) is 10.7. The quantitative estimate of drug-likeness (QED) is 0.270. The SMILES string of the molecule is CC(=O)c1cccc(NC(=O)CSc2nnc(COc3cccc(C)c3)n2-c2ccccc2)c1. The van der Waals surface area contributed by atoms with Gasteiger partial charge in [0.2, 0.25) is 5.91 Å². The van der Waals surface area contributed by atoms with Crippen molar-refractivity contribution in [3.05, 3.63) is 95.8 Å². The Morgan fingerprint density at radius 2 is 1.76 bits per heavy atom. The molecule has 0 spiro atoms. The van der Waals surface area contributed by atoms with Gasteiger partial charge in [0.25, 0.3) is 0 Å². The van der Waals surface area contributed by atoms with Crippen molar-refractivity contribution in [3.8, 4) is 11.4 Å². The van der Waals surface area contributed by atoms with E-state index in [0.29, 0.717) is 22.2 Å². The fraction of sp³-hybridized carbons (Fsp3) is 0.154. The van der Waals surface area contributed by atoms with Crippen LogP contribution in [0.2, 0.25) is 0 Å². The number of ketones is 1. The largest absolute Gasteiger partial charge is 0.486 e. The van der Waals surface area contributed by atoms with Crippen LogP contribution in [0.3, 0.4) is 0 Å². The van der Waals surface area contributed by atoms with Gasteiger partial charge in [0.1, 0.15) is 12.4 Å². The number of aromatic nitrogens is 3. The molecule has 0 aliphatic heterocycles. The number of Topliss-reactive ketones (excluding diaryl/α,β-unsaturated/α-hetero) is 1. The van der Waals surface area contributed by atoms with Crippen LogP contribution in [0.15, 0.2) is 84.0 Å². The lowest BCUT2D eigenvalue weighted by Crippen LogP contribution is -2.15. The number of nitrogens with zero attached hydrogens (tertiary/aromatic N) is 3. The number of thioether (sulfide) groups is 1. The Morgan fingerprint density at radius 3 is 2.53 bits per heavy atom. The molecule has 1 heterocycles. The van der Waals surface area contributed by atoms with Crippen molar-refractivity contribution in [3.63, 3.8) is 0 Å². The molecule has 172 valence electrons. The molecule has 0 aliphatic rings. The van der Waals surface area contributed by atoms with Crippen LogP contribution < -0.4 is 10.1 Å². The number of rotatable bonds is 9. The number of anilines is 1.